The maximum atomic E-state index is 13.3. The third-order valence-corrected chi connectivity index (χ3v) is 6.80. The number of benzene rings is 1. The summed E-state index contributed by atoms with van der Waals surface area (Å²) in [4.78, 5) is 26.9. The van der Waals surface area contributed by atoms with Crippen LogP contribution in [0.25, 0.3) is 0 Å². The topological polar surface area (TPSA) is 122 Å². The lowest BCUT2D eigenvalue weighted by Crippen LogP contribution is -2.64. The normalized spacial score (nSPS) is 23.2. The van der Waals surface area contributed by atoms with Crippen LogP contribution in [0, 0.1) is 5.82 Å². The van der Waals surface area contributed by atoms with E-state index in [0.29, 0.717) is 19.4 Å². The predicted octanol–water partition coefficient (Wildman–Crippen LogP) is -0.371. The Kier molecular flexibility index (Phi) is 6.83. The van der Waals surface area contributed by atoms with Crippen LogP contribution in [0.2, 0.25) is 0 Å². The number of hydrogen-bond acceptors (Lipinski definition) is 6. The SMILES string of the molecule is NCCNC(=O)C1N(C(=O)C2CCCO2)CCCN1S(=O)(=O)c1ccc(F)cc1. The number of sulfonamides is 1. The number of amides is 2. The molecular weight excluding hydrogens is 403 g/mol. The lowest BCUT2D eigenvalue weighted by molar-refractivity contribution is -0.154. The van der Waals surface area contributed by atoms with Crippen molar-refractivity contribution in [2.45, 2.75) is 36.4 Å². The molecule has 11 heteroatoms. The van der Waals surface area contributed by atoms with Crippen molar-refractivity contribution in [2.75, 3.05) is 32.8 Å². The number of nitrogens with zero attached hydrogens (tertiary/aromatic N) is 2. The number of halogens is 1. The van der Waals surface area contributed by atoms with Crippen molar-refractivity contribution < 1.29 is 27.1 Å². The predicted molar refractivity (Wildman–Crippen MR) is 101 cm³/mol. The van der Waals surface area contributed by atoms with Crippen molar-refractivity contribution in [3.05, 3.63) is 30.1 Å². The molecule has 29 heavy (non-hydrogen) atoms. The number of rotatable bonds is 6. The molecule has 0 aliphatic carbocycles. The van der Waals surface area contributed by atoms with E-state index in [9.17, 15) is 22.4 Å². The highest BCUT2D eigenvalue weighted by Crippen LogP contribution is 2.26. The van der Waals surface area contributed by atoms with Crippen molar-refractivity contribution in [2.24, 2.45) is 5.73 Å². The van der Waals surface area contributed by atoms with Gasteiger partial charge in [-0.25, -0.2) is 12.8 Å². The maximum Gasteiger partial charge on any atom is 0.259 e. The molecule has 9 nitrogen and oxygen atoms in total. The minimum absolute atomic E-state index is 0.0513. The Labute approximate surface area is 169 Å². The summed E-state index contributed by atoms with van der Waals surface area (Å²) in [5, 5.41) is 2.58. The summed E-state index contributed by atoms with van der Waals surface area (Å²) in [5.41, 5.74) is 5.44. The average Bonchev–Trinajstić information content (AvgIpc) is 3.26. The molecule has 0 aromatic heterocycles. The number of carbonyl (C=O) groups is 2. The highest BCUT2D eigenvalue weighted by Gasteiger charge is 2.45. The highest BCUT2D eigenvalue weighted by atomic mass is 32.2. The first-order chi connectivity index (χ1) is 13.9. The van der Waals surface area contributed by atoms with Crippen LogP contribution in [0.5, 0.6) is 0 Å². The highest BCUT2D eigenvalue weighted by molar-refractivity contribution is 7.89. The van der Waals surface area contributed by atoms with Gasteiger partial charge in [0.15, 0.2) is 6.17 Å². The molecule has 2 amide bonds. The van der Waals surface area contributed by atoms with Gasteiger partial charge in [0.2, 0.25) is 10.0 Å². The molecule has 2 heterocycles. The van der Waals surface area contributed by atoms with E-state index >= 15 is 0 Å². The molecule has 2 fully saturated rings. The Hall–Kier alpha value is -2.08. The lowest BCUT2D eigenvalue weighted by Gasteiger charge is -2.42. The largest absolute Gasteiger partial charge is 0.368 e. The van der Waals surface area contributed by atoms with Crippen molar-refractivity contribution in [3.8, 4) is 0 Å². The van der Waals surface area contributed by atoms with Crippen LogP contribution in [0.3, 0.4) is 0 Å². The molecule has 2 aliphatic heterocycles. The molecule has 0 bridgehead atoms. The summed E-state index contributed by atoms with van der Waals surface area (Å²) in [7, 11) is -4.15. The van der Waals surface area contributed by atoms with Gasteiger partial charge in [0.1, 0.15) is 11.9 Å². The van der Waals surface area contributed by atoms with Crippen molar-refractivity contribution in [1.29, 1.82) is 0 Å². The second kappa shape index (κ2) is 9.16. The number of nitrogens with two attached hydrogens (primary N) is 1. The number of hydrogen-bond donors (Lipinski definition) is 2. The molecule has 1 aromatic carbocycles. The molecule has 2 atom stereocenters. The van der Waals surface area contributed by atoms with Crippen LogP contribution in [-0.4, -0.2) is 74.5 Å². The van der Waals surface area contributed by atoms with Crippen molar-refractivity contribution in [3.63, 3.8) is 0 Å². The third-order valence-electron chi connectivity index (χ3n) is 4.93. The van der Waals surface area contributed by atoms with Gasteiger partial charge in [-0.3, -0.25) is 9.59 Å². The van der Waals surface area contributed by atoms with Gasteiger partial charge in [0.05, 0.1) is 4.90 Å². The fourth-order valence-corrected chi connectivity index (χ4v) is 5.13. The van der Waals surface area contributed by atoms with Gasteiger partial charge in [-0.1, -0.05) is 0 Å². The quantitative estimate of drug-likeness (QED) is 0.638. The van der Waals surface area contributed by atoms with Crippen LogP contribution >= 0.6 is 0 Å². The Morgan fingerprint density at radius 2 is 1.93 bits per heavy atom. The summed E-state index contributed by atoms with van der Waals surface area (Å²) >= 11 is 0. The lowest BCUT2D eigenvalue weighted by atomic mass is 10.1. The molecule has 0 radical (unpaired) electrons. The Balaban J connectivity index is 1.95. The van der Waals surface area contributed by atoms with E-state index in [1.165, 1.54) is 4.90 Å². The minimum atomic E-state index is -4.15. The van der Waals surface area contributed by atoms with Crippen molar-refractivity contribution in [1.82, 2.24) is 14.5 Å². The fraction of sp³-hybridized carbons (Fsp3) is 0.556. The molecule has 1 aromatic rings. The molecule has 0 spiro atoms. The van der Waals surface area contributed by atoms with Gasteiger partial charge < -0.3 is 20.7 Å². The van der Waals surface area contributed by atoms with Crippen LogP contribution < -0.4 is 11.1 Å². The molecule has 2 saturated heterocycles. The smallest absolute Gasteiger partial charge is 0.259 e. The first-order valence-corrected chi connectivity index (χ1v) is 11.0. The second-order valence-electron chi connectivity index (χ2n) is 6.91. The second-order valence-corrected chi connectivity index (χ2v) is 8.80. The van der Waals surface area contributed by atoms with E-state index in [1.54, 1.807) is 0 Å². The van der Waals surface area contributed by atoms with E-state index in [4.69, 9.17) is 10.5 Å². The summed E-state index contributed by atoms with van der Waals surface area (Å²) in [6, 6.07) is 4.35. The number of carbonyl (C=O) groups excluding carboxylic acids is 2. The molecule has 3 N–H and O–H groups in total. The zero-order chi connectivity index (χ0) is 21.0. The van der Waals surface area contributed by atoms with Gasteiger partial charge >= 0.3 is 0 Å². The van der Waals surface area contributed by atoms with Crippen LogP contribution in [0.1, 0.15) is 19.3 Å². The maximum absolute atomic E-state index is 13.3. The third kappa shape index (κ3) is 4.58. The summed E-state index contributed by atoms with van der Waals surface area (Å²) in [6.45, 7) is 1.04. The van der Waals surface area contributed by atoms with Crippen LogP contribution in [0.15, 0.2) is 29.2 Å². The summed E-state index contributed by atoms with van der Waals surface area (Å²) in [6.07, 6.45) is -0.432. The van der Waals surface area contributed by atoms with Gasteiger partial charge in [0.25, 0.3) is 11.8 Å². The monoisotopic (exact) mass is 428 g/mol. The summed E-state index contributed by atoms with van der Waals surface area (Å²) < 4.78 is 46.1. The minimum Gasteiger partial charge on any atom is -0.368 e. The Bertz CT molecular complexity index is 842. The van der Waals surface area contributed by atoms with Gasteiger partial charge in [-0.05, 0) is 43.5 Å². The van der Waals surface area contributed by atoms with E-state index in [0.717, 1.165) is 35.0 Å². The number of ether oxygens (including phenoxy) is 1. The van der Waals surface area contributed by atoms with E-state index in [1.807, 2.05) is 0 Å². The van der Waals surface area contributed by atoms with Gasteiger partial charge in [-0.15, -0.1) is 0 Å². The molecule has 3 rings (SSSR count). The van der Waals surface area contributed by atoms with E-state index < -0.39 is 39.9 Å². The molecule has 0 saturated carbocycles. The molecule has 2 unspecified atom stereocenters. The van der Waals surface area contributed by atoms with Crippen LogP contribution in [0.4, 0.5) is 4.39 Å². The first kappa shape index (κ1) is 21.6. The molecular formula is C18H25FN4O5S. The van der Waals surface area contributed by atoms with Gasteiger partial charge in [0, 0.05) is 32.8 Å². The Morgan fingerprint density at radius 3 is 2.55 bits per heavy atom. The van der Waals surface area contributed by atoms with Gasteiger partial charge in [-0.2, -0.15) is 4.31 Å². The average molecular weight is 428 g/mol. The molecule has 2 aliphatic rings. The zero-order valence-corrected chi connectivity index (χ0v) is 16.7. The first-order valence-electron chi connectivity index (χ1n) is 9.53. The Morgan fingerprint density at radius 1 is 1.21 bits per heavy atom. The molecule has 160 valence electrons. The van der Waals surface area contributed by atoms with E-state index in [2.05, 4.69) is 5.32 Å². The van der Waals surface area contributed by atoms with E-state index in [-0.39, 0.29) is 31.1 Å². The zero-order valence-electron chi connectivity index (χ0n) is 15.9. The fourth-order valence-electron chi connectivity index (χ4n) is 3.54. The number of nitrogens with one attached hydrogen (secondary N) is 1. The van der Waals surface area contributed by atoms with Crippen molar-refractivity contribution >= 4 is 21.8 Å². The van der Waals surface area contributed by atoms with Crippen LogP contribution in [-0.2, 0) is 24.3 Å². The summed E-state index contributed by atoms with van der Waals surface area (Å²) in [5.74, 6) is -1.61. The standard InChI is InChI=1S/C18H25FN4O5S/c19-13-4-6-14(7-5-13)29(26,27)23-11-2-10-22(17(23)16(24)21-9-8-20)18(25)15-3-1-12-28-15/h4-7,15,17H,1-3,8-12,20H2,(H,21,24).